The van der Waals surface area contributed by atoms with E-state index in [1.54, 1.807) is 29.9 Å². The lowest BCUT2D eigenvalue weighted by atomic mass is 10.1. The SMILES string of the molecule is CNC(=O)c1cccc(CNC(=O)c2cc3c(C)nn(C)c3nc2C)c1. The molecule has 0 unspecified atom stereocenters. The number of benzene rings is 1. The van der Waals surface area contributed by atoms with Gasteiger partial charge in [-0.3, -0.25) is 14.3 Å². The van der Waals surface area contributed by atoms with Gasteiger partial charge >= 0.3 is 0 Å². The van der Waals surface area contributed by atoms with Gasteiger partial charge in [0.1, 0.15) is 0 Å². The summed E-state index contributed by atoms with van der Waals surface area (Å²) >= 11 is 0. The normalized spacial score (nSPS) is 10.8. The van der Waals surface area contributed by atoms with Gasteiger partial charge in [0.05, 0.1) is 17.0 Å². The first-order valence-electron chi connectivity index (χ1n) is 8.31. The van der Waals surface area contributed by atoms with Crippen molar-refractivity contribution in [1.29, 1.82) is 0 Å². The molecule has 0 atom stereocenters. The van der Waals surface area contributed by atoms with Gasteiger partial charge in [-0.15, -0.1) is 0 Å². The summed E-state index contributed by atoms with van der Waals surface area (Å²) < 4.78 is 1.71. The number of nitrogens with one attached hydrogen (secondary N) is 2. The molecule has 0 spiro atoms. The van der Waals surface area contributed by atoms with Crippen LogP contribution in [-0.4, -0.2) is 33.6 Å². The first-order chi connectivity index (χ1) is 12.4. The molecule has 0 saturated heterocycles. The molecule has 2 aromatic heterocycles. The molecule has 0 bridgehead atoms. The third-order valence-electron chi connectivity index (χ3n) is 4.30. The molecule has 7 nitrogen and oxygen atoms in total. The Hall–Kier alpha value is -3.22. The largest absolute Gasteiger partial charge is 0.355 e. The van der Waals surface area contributed by atoms with Crippen molar-refractivity contribution < 1.29 is 9.59 Å². The van der Waals surface area contributed by atoms with Crippen molar-refractivity contribution in [2.24, 2.45) is 7.05 Å². The van der Waals surface area contributed by atoms with Crippen LogP contribution in [0.3, 0.4) is 0 Å². The van der Waals surface area contributed by atoms with E-state index in [9.17, 15) is 9.59 Å². The third kappa shape index (κ3) is 3.28. The highest BCUT2D eigenvalue weighted by molar-refractivity contribution is 5.98. The summed E-state index contributed by atoms with van der Waals surface area (Å²) in [5, 5.41) is 10.7. The molecule has 0 saturated carbocycles. The van der Waals surface area contributed by atoms with Crippen molar-refractivity contribution in [3.05, 3.63) is 58.4 Å². The number of carbonyl (C=O) groups excluding carboxylic acids is 2. The number of aromatic nitrogens is 3. The number of carbonyl (C=O) groups is 2. The maximum atomic E-state index is 12.6. The van der Waals surface area contributed by atoms with Crippen LogP contribution in [0.15, 0.2) is 30.3 Å². The number of pyridine rings is 1. The van der Waals surface area contributed by atoms with E-state index in [4.69, 9.17) is 0 Å². The van der Waals surface area contributed by atoms with Crippen molar-refractivity contribution in [1.82, 2.24) is 25.4 Å². The zero-order chi connectivity index (χ0) is 18.8. The van der Waals surface area contributed by atoms with Gasteiger partial charge < -0.3 is 10.6 Å². The van der Waals surface area contributed by atoms with E-state index in [1.807, 2.05) is 33.0 Å². The number of hydrogen-bond donors (Lipinski definition) is 2. The number of rotatable bonds is 4. The minimum Gasteiger partial charge on any atom is -0.355 e. The Kier molecular flexibility index (Phi) is 4.71. The van der Waals surface area contributed by atoms with Crippen molar-refractivity contribution in [2.75, 3.05) is 7.05 Å². The lowest BCUT2D eigenvalue weighted by Gasteiger charge is -2.09. The van der Waals surface area contributed by atoms with Gasteiger partial charge in [0.15, 0.2) is 5.65 Å². The highest BCUT2D eigenvalue weighted by atomic mass is 16.2. The molecule has 3 aromatic rings. The van der Waals surface area contributed by atoms with Gasteiger partial charge in [-0.1, -0.05) is 12.1 Å². The summed E-state index contributed by atoms with van der Waals surface area (Å²) in [6.45, 7) is 4.03. The Morgan fingerprint density at radius 2 is 1.88 bits per heavy atom. The molecule has 1 aromatic carbocycles. The van der Waals surface area contributed by atoms with Gasteiger partial charge in [0, 0.05) is 31.6 Å². The van der Waals surface area contributed by atoms with Crippen LogP contribution in [0, 0.1) is 13.8 Å². The van der Waals surface area contributed by atoms with Crippen LogP contribution >= 0.6 is 0 Å². The first kappa shape index (κ1) is 17.6. The van der Waals surface area contributed by atoms with Crippen LogP contribution in [0.2, 0.25) is 0 Å². The summed E-state index contributed by atoms with van der Waals surface area (Å²) in [6.07, 6.45) is 0. The van der Waals surface area contributed by atoms with Gasteiger partial charge in [-0.2, -0.15) is 5.10 Å². The maximum absolute atomic E-state index is 12.6. The molecule has 134 valence electrons. The first-order valence-corrected chi connectivity index (χ1v) is 8.31. The maximum Gasteiger partial charge on any atom is 0.253 e. The Labute approximate surface area is 151 Å². The van der Waals surface area contributed by atoms with Crippen LogP contribution < -0.4 is 10.6 Å². The molecule has 0 aliphatic heterocycles. The van der Waals surface area contributed by atoms with Gasteiger partial charge in [-0.25, -0.2) is 4.98 Å². The summed E-state index contributed by atoms with van der Waals surface area (Å²) in [7, 11) is 3.42. The van der Waals surface area contributed by atoms with Crippen LogP contribution in [0.25, 0.3) is 11.0 Å². The van der Waals surface area contributed by atoms with Crippen molar-refractivity contribution in [3.8, 4) is 0 Å². The molecule has 0 fully saturated rings. The van der Waals surface area contributed by atoms with Crippen LogP contribution in [0.4, 0.5) is 0 Å². The number of nitrogens with zero attached hydrogens (tertiary/aromatic N) is 3. The molecule has 0 aliphatic carbocycles. The van der Waals surface area contributed by atoms with Gasteiger partial charge in [0.25, 0.3) is 11.8 Å². The lowest BCUT2D eigenvalue weighted by Crippen LogP contribution is -2.24. The second kappa shape index (κ2) is 6.95. The summed E-state index contributed by atoms with van der Waals surface area (Å²) in [5.41, 5.74) is 4.18. The minimum atomic E-state index is -0.203. The van der Waals surface area contributed by atoms with E-state index in [-0.39, 0.29) is 11.8 Å². The Morgan fingerprint density at radius 1 is 1.12 bits per heavy atom. The third-order valence-corrected chi connectivity index (χ3v) is 4.30. The summed E-state index contributed by atoms with van der Waals surface area (Å²) in [6, 6.07) is 8.99. The molecular weight excluding hydrogens is 330 g/mol. The Bertz CT molecular complexity index is 1010. The summed E-state index contributed by atoms with van der Waals surface area (Å²) in [5.74, 6) is -0.360. The highest BCUT2D eigenvalue weighted by Crippen LogP contribution is 2.19. The number of hydrogen-bond acceptors (Lipinski definition) is 4. The van der Waals surface area contributed by atoms with Crippen LogP contribution in [0.5, 0.6) is 0 Å². The second-order valence-electron chi connectivity index (χ2n) is 6.16. The quantitative estimate of drug-likeness (QED) is 0.751. The molecule has 26 heavy (non-hydrogen) atoms. The van der Waals surface area contributed by atoms with E-state index in [0.29, 0.717) is 23.4 Å². The number of fused-ring (bicyclic) bond motifs is 1. The molecule has 2 amide bonds. The van der Waals surface area contributed by atoms with E-state index in [0.717, 1.165) is 22.3 Å². The second-order valence-corrected chi connectivity index (χ2v) is 6.16. The number of aryl methyl sites for hydroxylation is 3. The van der Waals surface area contributed by atoms with E-state index >= 15 is 0 Å². The van der Waals surface area contributed by atoms with Crippen molar-refractivity contribution in [3.63, 3.8) is 0 Å². The standard InChI is InChI=1S/C19H21N5O2/c1-11-16(9-15-12(2)23-24(4)17(15)22-11)19(26)21-10-13-6-5-7-14(8-13)18(25)20-3/h5-9H,10H2,1-4H3,(H,20,25)(H,21,26). The zero-order valence-electron chi connectivity index (χ0n) is 15.3. The fourth-order valence-electron chi connectivity index (χ4n) is 2.91. The van der Waals surface area contributed by atoms with Crippen LogP contribution in [0.1, 0.15) is 37.7 Å². The smallest absolute Gasteiger partial charge is 0.253 e. The zero-order valence-corrected chi connectivity index (χ0v) is 15.3. The monoisotopic (exact) mass is 351 g/mol. The molecule has 2 heterocycles. The van der Waals surface area contributed by atoms with Gasteiger partial charge in [0.2, 0.25) is 0 Å². The molecule has 0 aliphatic rings. The summed E-state index contributed by atoms with van der Waals surface area (Å²) in [4.78, 5) is 28.8. The van der Waals surface area contributed by atoms with Crippen molar-refractivity contribution >= 4 is 22.8 Å². The Balaban J connectivity index is 1.80. The van der Waals surface area contributed by atoms with E-state index < -0.39 is 0 Å². The average Bonchev–Trinajstić information content (AvgIpc) is 2.91. The topological polar surface area (TPSA) is 88.9 Å². The van der Waals surface area contributed by atoms with E-state index in [2.05, 4.69) is 20.7 Å². The predicted molar refractivity (Wildman–Crippen MR) is 99.0 cm³/mol. The molecule has 7 heteroatoms. The predicted octanol–water partition coefficient (Wildman–Crippen LogP) is 1.87. The highest BCUT2D eigenvalue weighted by Gasteiger charge is 2.15. The average molecular weight is 351 g/mol. The molecule has 0 radical (unpaired) electrons. The van der Waals surface area contributed by atoms with E-state index in [1.165, 1.54) is 0 Å². The lowest BCUT2D eigenvalue weighted by molar-refractivity contribution is 0.0948. The fourth-order valence-corrected chi connectivity index (χ4v) is 2.91. The van der Waals surface area contributed by atoms with Gasteiger partial charge in [-0.05, 0) is 37.6 Å². The minimum absolute atomic E-state index is 0.157. The molecule has 2 N–H and O–H groups in total. The number of amides is 2. The fraction of sp³-hybridized carbons (Fsp3) is 0.263. The molecular formula is C19H21N5O2. The Morgan fingerprint density at radius 3 is 2.62 bits per heavy atom. The van der Waals surface area contributed by atoms with Crippen LogP contribution in [-0.2, 0) is 13.6 Å². The van der Waals surface area contributed by atoms with Crippen molar-refractivity contribution in [2.45, 2.75) is 20.4 Å². The molecule has 3 rings (SSSR count).